The first-order chi connectivity index (χ1) is 8.39. The van der Waals surface area contributed by atoms with Crippen molar-refractivity contribution < 1.29 is 13.2 Å². The number of sulfonamides is 1. The molecule has 5 nitrogen and oxygen atoms in total. The highest BCUT2D eigenvalue weighted by Crippen LogP contribution is 2.24. The molecule has 1 aromatic carbocycles. The molecule has 0 aliphatic rings. The maximum atomic E-state index is 12.2. The molecule has 0 saturated carbocycles. The third-order valence-electron chi connectivity index (χ3n) is 2.48. The van der Waals surface area contributed by atoms with E-state index in [0.717, 1.165) is 0 Å². The van der Waals surface area contributed by atoms with Crippen LogP contribution in [0.2, 0.25) is 5.02 Å². The monoisotopic (exact) mass is 292 g/mol. The molecule has 2 N–H and O–H groups in total. The summed E-state index contributed by atoms with van der Waals surface area (Å²) in [7, 11) is -0.485. The summed E-state index contributed by atoms with van der Waals surface area (Å²) >= 11 is 5.74. The Labute approximate surface area is 113 Å². The lowest BCUT2D eigenvalue weighted by atomic mass is 10.3. The van der Waals surface area contributed by atoms with E-state index in [4.69, 9.17) is 22.1 Å². The topological polar surface area (TPSA) is 72.6 Å². The molecule has 0 atom stereocenters. The van der Waals surface area contributed by atoms with Crippen LogP contribution >= 0.6 is 11.6 Å². The van der Waals surface area contributed by atoms with E-state index in [2.05, 4.69) is 0 Å². The van der Waals surface area contributed by atoms with Gasteiger partial charge in [-0.2, -0.15) is 0 Å². The van der Waals surface area contributed by atoms with E-state index in [1.807, 2.05) is 0 Å². The summed E-state index contributed by atoms with van der Waals surface area (Å²) in [6.45, 7) is 0.883. The van der Waals surface area contributed by atoms with Crippen LogP contribution in [0.3, 0.4) is 0 Å². The number of halogens is 1. The second-order valence-electron chi connectivity index (χ2n) is 3.86. The fraction of sp³-hybridized carbons (Fsp3) is 0.455. The Balaban J connectivity index is 2.91. The van der Waals surface area contributed by atoms with Gasteiger partial charge in [0, 0.05) is 32.3 Å². The summed E-state index contributed by atoms with van der Waals surface area (Å²) in [5.74, 6) is 0. The van der Waals surface area contributed by atoms with E-state index >= 15 is 0 Å². The summed E-state index contributed by atoms with van der Waals surface area (Å²) in [4.78, 5) is 0.0758. The lowest BCUT2D eigenvalue weighted by Gasteiger charge is -2.18. The van der Waals surface area contributed by atoms with Crippen LogP contribution in [0.4, 0.5) is 5.69 Å². The Morgan fingerprint density at radius 2 is 2.11 bits per heavy atom. The fourth-order valence-corrected chi connectivity index (χ4v) is 2.96. The first-order valence-corrected chi connectivity index (χ1v) is 7.21. The number of methoxy groups -OCH3 is 1. The van der Waals surface area contributed by atoms with E-state index in [9.17, 15) is 8.42 Å². The molecule has 0 saturated heterocycles. The van der Waals surface area contributed by atoms with E-state index in [1.165, 1.54) is 29.6 Å². The summed E-state index contributed by atoms with van der Waals surface area (Å²) in [5, 5.41) is 0.411. The van der Waals surface area contributed by atoms with Gasteiger partial charge in [-0.15, -0.1) is 0 Å². The van der Waals surface area contributed by atoms with Gasteiger partial charge < -0.3 is 10.5 Å². The van der Waals surface area contributed by atoms with Crippen molar-refractivity contribution in [1.29, 1.82) is 0 Å². The molecule has 0 amide bonds. The van der Waals surface area contributed by atoms with Crippen molar-refractivity contribution in [2.45, 2.75) is 11.3 Å². The molecule has 0 spiro atoms. The largest absolute Gasteiger partial charge is 0.398 e. The summed E-state index contributed by atoms with van der Waals surface area (Å²) < 4.78 is 30.6. The minimum atomic E-state index is -3.57. The van der Waals surface area contributed by atoms with Crippen LogP contribution < -0.4 is 5.73 Å². The van der Waals surface area contributed by atoms with Crippen molar-refractivity contribution in [2.75, 3.05) is 33.0 Å². The van der Waals surface area contributed by atoms with Gasteiger partial charge in [-0.05, 0) is 24.6 Å². The van der Waals surface area contributed by atoms with Crippen LogP contribution in [0.5, 0.6) is 0 Å². The standard InChI is InChI=1S/C11H17ClN2O3S/c1-14(6-3-7-17-2)18(15,16)11-5-4-9(12)8-10(11)13/h4-5,8H,3,6-7,13H2,1-2H3. The predicted molar refractivity (Wildman–Crippen MR) is 72.2 cm³/mol. The molecular weight excluding hydrogens is 276 g/mol. The molecule has 0 bridgehead atoms. The van der Waals surface area contributed by atoms with Gasteiger partial charge in [0.2, 0.25) is 10.0 Å². The van der Waals surface area contributed by atoms with Gasteiger partial charge in [0.1, 0.15) is 4.90 Å². The summed E-state index contributed by atoms with van der Waals surface area (Å²) in [6.07, 6.45) is 0.625. The minimum Gasteiger partial charge on any atom is -0.398 e. The molecule has 1 aromatic rings. The number of nitrogen functional groups attached to an aromatic ring is 1. The number of nitrogens with two attached hydrogens (primary N) is 1. The SMILES string of the molecule is COCCCN(C)S(=O)(=O)c1ccc(Cl)cc1N. The second-order valence-corrected chi connectivity index (χ2v) is 6.30. The summed E-state index contributed by atoms with van der Waals surface area (Å²) in [6, 6.07) is 4.35. The Morgan fingerprint density at radius 1 is 1.44 bits per heavy atom. The molecule has 7 heteroatoms. The van der Waals surface area contributed by atoms with Crippen LogP contribution in [-0.2, 0) is 14.8 Å². The van der Waals surface area contributed by atoms with Crippen LogP contribution in [0.15, 0.2) is 23.1 Å². The lowest BCUT2D eigenvalue weighted by Crippen LogP contribution is -2.29. The van der Waals surface area contributed by atoms with Crippen molar-refractivity contribution in [3.05, 3.63) is 23.2 Å². The molecule has 0 unspecified atom stereocenters. The average Bonchev–Trinajstić information content (AvgIpc) is 2.28. The average molecular weight is 293 g/mol. The van der Waals surface area contributed by atoms with Crippen molar-refractivity contribution >= 4 is 27.3 Å². The van der Waals surface area contributed by atoms with E-state index in [0.29, 0.717) is 24.6 Å². The third kappa shape index (κ3) is 3.58. The van der Waals surface area contributed by atoms with Crippen LogP contribution in [0, 0.1) is 0 Å². The number of benzene rings is 1. The molecule has 1 rings (SSSR count). The van der Waals surface area contributed by atoms with Gasteiger partial charge in [0.05, 0.1) is 5.69 Å². The van der Waals surface area contributed by atoms with Gasteiger partial charge in [-0.3, -0.25) is 0 Å². The molecular formula is C11H17ClN2O3S. The highest BCUT2D eigenvalue weighted by atomic mass is 35.5. The smallest absolute Gasteiger partial charge is 0.244 e. The Hall–Kier alpha value is -0.820. The van der Waals surface area contributed by atoms with Gasteiger partial charge in [-0.1, -0.05) is 11.6 Å². The van der Waals surface area contributed by atoms with Crippen LogP contribution in [0.1, 0.15) is 6.42 Å². The number of rotatable bonds is 6. The van der Waals surface area contributed by atoms with Gasteiger partial charge in [0.25, 0.3) is 0 Å². The lowest BCUT2D eigenvalue weighted by molar-refractivity contribution is 0.189. The zero-order valence-corrected chi connectivity index (χ0v) is 12.0. The third-order valence-corrected chi connectivity index (χ3v) is 4.65. The Morgan fingerprint density at radius 3 is 2.67 bits per heavy atom. The first-order valence-electron chi connectivity index (χ1n) is 5.40. The highest BCUT2D eigenvalue weighted by molar-refractivity contribution is 7.89. The molecule has 0 aromatic heterocycles. The van der Waals surface area contributed by atoms with Gasteiger partial charge in [0.15, 0.2) is 0 Å². The fourth-order valence-electron chi connectivity index (χ4n) is 1.47. The molecule has 0 fully saturated rings. The van der Waals surface area contributed by atoms with Gasteiger partial charge >= 0.3 is 0 Å². The number of nitrogens with zero attached hydrogens (tertiary/aromatic N) is 1. The number of anilines is 1. The predicted octanol–water partition coefficient (Wildman–Crippen LogP) is 1.58. The highest BCUT2D eigenvalue weighted by Gasteiger charge is 2.22. The first kappa shape index (κ1) is 15.2. The van der Waals surface area contributed by atoms with Crippen molar-refractivity contribution in [3.8, 4) is 0 Å². The Bertz CT molecular complexity index is 505. The van der Waals surface area contributed by atoms with Crippen LogP contribution in [-0.4, -0.2) is 40.0 Å². The van der Waals surface area contributed by atoms with Crippen molar-refractivity contribution in [3.63, 3.8) is 0 Å². The second kappa shape index (κ2) is 6.38. The molecule has 102 valence electrons. The summed E-state index contributed by atoms with van der Waals surface area (Å²) in [5.41, 5.74) is 5.84. The maximum absolute atomic E-state index is 12.2. The van der Waals surface area contributed by atoms with Crippen molar-refractivity contribution in [2.24, 2.45) is 0 Å². The zero-order chi connectivity index (χ0) is 13.8. The Kier molecular flexibility index (Phi) is 5.40. The molecule has 18 heavy (non-hydrogen) atoms. The molecule has 0 heterocycles. The van der Waals surface area contributed by atoms with E-state index in [1.54, 1.807) is 7.11 Å². The number of ether oxygens (including phenoxy) is 1. The molecule has 0 aliphatic heterocycles. The maximum Gasteiger partial charge on any atom is 0.244 e. The number of hydrogen-bond donors (Lipinski definition) is 1. The molecule has 0 aliphatic carbocycles. The molecule has 0 radical (unpaired) electrons. The van der Waals surface area contributed by atoms with Crippen LogP contribution in [0.25, 0.3) is 0 Å². The minimum absolute atomic E-state index is 0.0758. The van der Waals surface area contributed by atoms with E-state index in [-0.39, 0.29) is 10.6 Å². The number of hydrogen-bond acceptors (Lipinski definition) is 4. The van der Waals surface area contributed by atoms with Gasteiger partial charge in [-0.25, -0.2) is 12.7 Å². The normalized spacial score (nSPS) is 12.0. The van der Waals surface area contributed by atoms with E-state index < -0.39 is 10.0 Å². The zero-order valence-electron chi connectivity index (χ0n) is 10.4. The quantitative estimate of drug-likeness (QED) is 0.638. The van der Waals surface area contributed by atoms with Crippen molar-refractivity contribution in [1.82, 2.24) is 4.31 Å².